The molecule has 4 atom stereocenters. The lowest BCUT2D eigenvalue weighted by Gasteiger charge is -2.21. The molecule has 0 N–H and O–H groups in total. The number of hydrogen-bond acceptors (Lipinski definition) is 2. The number of rotatable bonds is 3. The van der Waals surface area contributed by atoms with Gasteiger partial charge in [-0.25, -0.2) is 4.90 Å². The van der Waals surface area contributed by atoms with Crippen molar-refractivity contribution in [2.45, 2.75) is 13.8 Å². The van der Waals surface area contributed by atoms with Gasteiger partial charge < -0.3 is 0 Å². The van der Waals surface area contributed by atoms with Gasteiger partial charge in [0.05, 0.1) is 17.5 Å². The van der Waals surface area contributed by atoms with Gasteiger partial charge in [-0.15, -0.1) is 0 Å². The largest absolute Gasteiger partial charge is 0.274 e. The summed E-state index contributed by atoms with van der Waals surface area (Å²) in [6, 6.07) is 26.5. The number of nitrogens with zero attached hydrogens (tertiary/aromatic N) is 1. The van der Waals surface area contributed by atoms with Gasteiger partial charge in [0.2, 0.25) is 11.8 Å². The van der Waals surface area contributed by atoms with Crippen LogP contribution in [0.4, 0.5) is 5.69 Å². The number of fused-ring (bicyclic) bond motifs is 5. The summed E-state index contributed by atoms with van der Waals surface area (Å²) in [6.07, 6.45) is 4.31. The van der Waals surface area contributed by atoms with E-state index in [-0.39, 0.29) is 35.5 Å². The first-order valence-corrected chi connectivity index (χ1v) is 11.5. The fraction of sp³-hybridized carbons (Fsp3) is 0.200. The van der Waals surface area contributed by atoms with Crippen molar-refractivity contribution in [2.24, 2.45) is 23.7 Å². The summed E-state index contributed by atoms with van der Waals surface area (Å²) < 4.78 is 0. The van der Waals surface area contributed by atoms with Crippen LogP contribution in [0.3, 0.4) is 0 Å². The van der Waals surface area contributed by atoms with Gasteiger partial charge in [0.25, 0.3) is 0 Å². The summed E-state index contributed by atoms with van der Waals surface area (Å²) in [5.74, 6) is -0.900. The molecule has 0 spiro atoms. The molecule has 0 aromatic heterocycles. The van der Waals surface area contributed by atoms with Crippen LogP contribution in [0.1, 0.15) is 22.3 Å². The van der Waals surface area contributed by atoms with Crippen LogP contribution >= 0.6 is 0 Å². The Kier molecular flexibility index (Phi) is 4.48. The molecule has 2 aliphatic carbocycles. The Labute approximate surface area is 194 Å². The van der Waals surface area contributed by atoms with Crippen LogP contribution in [0.25, 0.3) is 5.57 Å². The molecule has 2 bridgehead atoms. The van der Waals surface area contributed by atoms with E-state index in [0.29, 0.717) is 5.69 Å². The Morgan fingerprint density at radius 3 is 1.55 bits per heavy atom. The van der Waals surface area contributed by atoms with Crippen molar-refractivity contribution in [1.29, 1.82) is 0 Å². The van der Waals surface area contributed by atoms with E-state index in [9.17, 15) is 9.59 Å². The third-order valence-electron chi connectivity index (χ3n) is 7.40. The first kappa shape index (κ1) is 19.9. The van der Waals surface area contributed by atoms with Crippen LogP contribution in [0, 0.1) is 37.5 Å². The van der Waals surface area contributed by atoms with E-state index < -0.39 is 0 Å². The van der Waals surface area contributed by atoms with E-state index in [4.69, 9.17) is 0 Å². The minimum Gasteiger partial charge on any atom is -0.274 e. The molecule has 3 heteroatoms. The van der Waals surface area contributed by atoms with E-state index in [1.807, 2.05) is 30.3 Å². The highest BCUT2D eigenvalue weighted by Gasteiger charge is 2.62. The van der Waals surface area contributed by atoms with Crippen LogP contribution in [0.5, 0.6) is 0 Å². The minimum atomic E-state index is -0.325. The number of para-hydroxylation sites is 1. The Morgan fingerprint density at radius 2 is 1.09 bits per heavy atom. The summed E-state index contributed by atoms with van der Waals surface area (Å²) in [4.78, 5) is 28.5. The number of amides is 2. The van der Waals surface area contributed by atoms with Crippen molar-refractivity contribution in [2.75, 3.05) is 4.90 Å². The van der Waals surface area contributed by atoms with Crippen molar-refractivity contribution < 1.29 is 9.59 Å². The Bertz CT molecular complexity index is 1230. The fourth-order valence-corrected chi connectivity index (χ4v) is 5.87. The Hall–Kier alpha value is -3.72. The number of imide groups is 1. The molecule has 2 fully saturated rings. The van der Waals surface area contributed by atoms with Crippen molar-refractivity contribution >= 4 is 23.1 Å². The summed E-state index contributed by atoms with van der Waals surface area (Å²) in [5.41, 5.74) is 7.74. The van der Waals surface area contributed by atoms with Gasteiger partial charge in [-0.3, -0.25) is 9.59 Å². The van der Waals surface area contributed by atoms with Gasteiger partial charge in [0, 0.05) is 11.8 Å². The molecule has 1 saturated heterocycles. The zero-order chi connectivity index (χ0) is 22.7. The van der Waals surface area contributed by atoms with Gasteiger partial charge in [0.1, 0.15) is 0 Å². The molecule has 162 valence electrons. The predicted molar refractivity (Wildman–Crippen MR) is 130 cm³/mol. The molecular weight excluding hydrogens is 406 g/mol. The van der Waals surface area contributed by atoms with Crippen LogP contribution in [0.15, 0.2) is 96.6 Å². The number of aryl methyl sites for hydroxylation is 2. The molecule has 33 heavy (non-hydrogen) atoms. The highest BCUT2D eigenvalue weighted by Crippen LogP contribution is 2.58. The van der Waals surface area contributed by atoms with E-state index in [1.165, 1.54) is 21.6 Å². The summed E-state index contributed by atoms with van der Waals surface area (Å²) in [7, 11) is 0. The molecule has 3 aliphatic rings. The molecule has 0 radical (unpaired) electrons. The number of carbonyl (C=O) groups excluding carboxylic acids is 2. The van der Waals surface area contributed by atoms with E-state index in [0.717, 1.165) is 16.7 Å². The maximum absolute atomic E-state index is 13.6. The lowest BCUT2D eigenvalue weighted by Crippen LogP contribution is -2.33. The number of benzene rings is 3. The summed E-state index contributed by atoms with van der Waals surface area (Å²) >= 11 is 0. The minimum absolute atomic E-state index is 0.0530. The normalized spacial score (nSPS) is 25.2. The first-order chi connectivity index (χ1) is 16.0. The fourth-order valence-electron chi connectivity index (χ4n) is 5.87. The van der Waals surface area contributed by atoms with Crippen molar-refractivity contribution in [3.05, 3.63) is 119 Å². The molecule has 6 rings (SSSR count). The smallest absolute Gasteiger partial charge is 0.238 e. The van der Waals surface area contributed by atoms with Crippen LogP contribution in [-0.2, 0) is 9.59 Å². The third-order valence-corrected chi connectivity index (χ3v) is 7.40. The second kappa shape index (κ2) is 7.41. The number of hydrogen-bond donors (Lipinski definition) is 0. The van der Waals surface area contributed by atoms with Gasteiger partial charge in [-0.1, -0.05) is 90.0 Å². The van der Waals surface area contributed by atoms with Crippen molar-refractivity contribution in [1.82, 2.24) is 0 Å². The maximum atomic E-state index is 13.6. The van der Waals surface area contributed by atoms with E-state index >= 15 is 0 Å². The quantitative estimate of drug-likeness (QED) is 0.392. The maximum Gasteiger partial charge on any atom is 0.238 e. The predicted octanol–water partition coefficient (Wildman–Crippen LogP) is 5.73. The van der Waals surface area contributed by atoms with Gasteiger partial charge >= 0.3 is 0 Å². The lowest BCUT2D eigenvalue weighted by atomic mass is 9.85. The molecule has 3 aromatic carbocycles. The second-order valence-corrected chi connectivity index (χ2v) is 9.40. The van der Waals surface area contributed by atoms with Crippen LogP contribution < -0.4 is 4.90 Å². The highest BCUT2D eigenvalue weighted by molar-refractivity contribution is 6.23. The average molecular weight is 432 g/mol. The number of carbonyl (C=O) groups is 2. The lowest BCUT2D eigenvalue weighted by molar-refractivity contribution is -0.122. The summed E-state index contributed by atoms with van der Waals surface area (Å²) in [6.45, 7) is 4.17. The molecule has 3 nitrogen and oxygen atoms in total. The summed E-state index contributed by atoms with van der Waals surface area (Å²) in [5, 5.41) is 0. The third kappa shape index (κ3) is 2.96. The van der Waals surface area contributed by atoms with Gasteiger partial charge in [-0.05, 0) is 48.3 Å². The molecule has 1 heterocycles. The van der Waals surface area contributed by atoms with Gasteiger partial charge in [0.15, 0.2) is 0 Å². The van der Waals surface area contributed by atoms with Crippen LogP contribution in [0.2, 0.25) is 0 Å². The van der Waals surface area contributed by atoms with Crippen molar-refractivity contribution in [3.63, 3.8) is 0 Å². The Balaban J connectivity index is 1.50. The second-order valence-electron chi connectivity index (χ2n) is 9.40. The van der Waals surface area contributed by atoms with E-state index in [2.05, 4.69) is 74.5 Å². The number of allylic oxidation sites excluding steroid dienone is 3. The van der Waals surface area contributed by atoms with Crippen molar-refractivity contribution in [3.8, 4) is 0 Å². The zero-order valence-corrected chi connectivity index (χ0v) is 18.7. The molecule has 1 aliphatic heterocycles. The van der Waals surface area contributed by atoms with Gasteiger partial charge in [-0.2, -0.15) is 0 Å². The SMILES string of the molecule is Cc1ccc(C(=C2[C@H]3C=C[C@H]2[C@H]2C(=O)N(c4ccccc4)C(=O)[C@H]23)c2ccc(C)cc2)cc1. The van der Waals surface area contributed by atoms with E-state index in [1.54, 1.807) is 0 Å². The standard InChI is InChI=1S/C30H25NO2/c1-18-8-12-20(13-9-18)25(21-14-10-19(2)11-15-21)26-23-16-17-24(26)28-27(23)29(32)31(30(28)33)22-6-4-3-5-7-22/h3-17,23-24,27-28H,1-2H3/t23-,24-,27-,28+/m1/s1. The zero-order valence-electron chi connectivity index (χ0n) is 18.7. The molecule has 1 saturated carbocycles. The average Bonchev–Trinajstić information content (AvgIpc) is 3.46. The molecule has 3 aromatic rings. The molecular formula is C30H25NO2. The highest BCUT2D eigenvalue weighted by atomic mass is 16.2. The first-order valence-electron chi connectivity index (χ1n) is 11.5. The molecule has 2 amide bonds. The molecule has 0 unspecified atom stereocenters. The topological polar surface area (TPSA) is 37.4 Å². The monoisotopic (exact) mass is 431 g/mol. The van der Waals surface area contributed by atoms with Crippen LogP contribution in [-0.4, -0.2) is 11.8 Å². The number of anilines is 1. The Morgan fingerprint density at radius 1 is 0.636 bits per heavy atom.